The largest absolute Gasteiger partial charge is 0.372 e. The van der Waals surface area contributed by atoms with Gasteiger partial charge in [-0.2, -0.15) is 0 Å². The number of piperidine rings is 1. The molecular formula is C17H20N4O. The zero-order valence-electron chi connectivity index (χ0n) is 12.7. The van der Waals surface area contributed by atoms with E-state index in [-0.39, 0.29) is 5.91 Å². The van der Waals surface area contributed by atoms with Crippen LogP contribution in [0.2, 0.25) is 0 Å². The molecular weight excluding hydrogens is 276 g/mol. The number of amides is 1. The van der Waals surface area contributed by atoms with Crippen molar-refractivity contribution in [3.63, 3.8) is 0 Å². The quantitative estimate of drug-likeness (QED) is 0.946. The molecule has 5 nitrogen and oxygen atoms in total. The van der Waals surface area contributed by atoms with E-state index in [2.05, 4.69) is 39.2 Å². The van der Waals surface area contributed by atoms with Crippen molar-refractivity contribution in [1.82, 2.24) is 9.97 Å². The molecule has 1 aliphatic rings. The molecule has 1 amide bonds. The third-order valence-electron chi connectivity index (χ3n) is 4.09. The third-order valence-corrected chi connectivity index (χ3v) is 4.09. The Hall–Kier alpha value is -2.43. The van der Waals surface area contributed by atoms with Gasteiger partial charge in [-0.1, -0.05) is 6.92 Å². The van der Waals surface area contributed by atoms with Crippen LogP contribution < -0.4 is 10.2 Å². The smallest absolute Gasteiger partial charge is 0.274 e. The van der Waals surface area contributed by atoms with Crippen LogP contribution in [0.5, 0.6) is 0 Å². The van der Waals surface area contributed by atoms with Gasteiger partial charge in [-0.25, -0.2) is 9.97 Å². The number of rotatable bonds is 3. The lowest BCUT2D eigenvalue weighted by atomic mass is 9.99. The van der Waals surface area contributed by atoms with Crippen LogP contribution >= 0.6 is 0 Å². The number of aromatic nitrogens is 2. The van der Waals surface area contributed by atoms with Crippen molar-refractivity contribution >= 4 is 17.3 Å². The van der Waals surface area contributed by atoms with Gasteiger partial charge in [0.1, 0.15) is 12.0 Å². The monoisotopic (exact) mass is 296 g/mol. The molecule has 1 aromatic carbocycles. The minimum absolute atomic E-state index is 0.220. The number of carbonyl (C=O) groups excluding carboxylic acids is 1. The molecule has 1 saturated heterocycles. The fraction of sp³-hybridized carbons (Fsp3) is 0.353. The summed E-state index contributed by atoms with van der Waals surface area (Å²) in [5.74, 6) is 0.602. The van der Waals surface area contributed by atoms with Gasteiger partial charge in [0, 0.05) is 30.7 Å². The van der Waals surface area contributed by atoms with Crippen molar-refractivity contribution < 1.29 is 4.79 Å². The topological polar surface area (TPSA) is 58.1 Å². The van der Waals surface area contributed by atoms with Gasteiger partial charge in [0.15, 0.2) is 0 Å². The highest BCUT2D eigenvalue weighted by atomic mass is 16.1. The molecule has 2 aromatic rings. The number of nitrogens with zero attached hydrogens (tertiary/aromatic N) is 3. The van der Waals surface area contributed by atoms with Crippen molar-refractivity contribution in [2.24, 2.45) is 5.92 Å². The molecule has 2 heterocycles. The zero-order valence-corrected chi connectivity index (χ0v) is 12.7. The maximum absolute atomic E-state index is 12.0. The molecule has 1 N–H and O–H groups in total. The molecule has 1 fully saturated rings. The molecule has 0 radical (unpaired) electrons. The molecule has 0 bridgehead atoms. The van der Waals surface area contributed by atoms with Crippen LogP contribution in [0.4, 0.5) is 11.4 Å². The first-order valence-electron chi connectivity index (χ1n) is 7.65. The Bertz CT molecular complexity index is 619. The predicted octanol–water partition coefficient (Wildman–Crippen LogP) is 2.97. The van der Waals surface area contributed by atoms with Crippen molar-refractivity contribution in [2.75, 3.05) is 23.3 Å². The Morgan fingerprint density at radius 2 is 1.91 bits per heavy atom. The second kappa shape index (κ2) is 6.56. The van der Waals surface area contributed by atoms with E-state index in [0.717, 1.165) is 24.7 Å². The van der Waals surface area contributed by atoms with Crippen LogP contribution in [0.1, 0.15) is 30.3 Å². The van der Waals surface area contributed by atoms with Crippen molar-refractivity contribution in [1.29, 1.82) is 0 Å². The first kappa shape index (κ1) is 14.5. The summed E-state index contributed by atoms with van der Waals surface area (Å²) >= 11 is 0. The van der Waals surface area contributed by atoms with Gasteiger partial charge in [0.25, 0.3) is 5.91 Å². The van der Waals surface area contributed by atoms with Gasteiger partial charge < -0.3 is 10.2 Å². The molecule has 0 atom stereocenters. The first-order valence-corrected chi connectivity index (χ1v) is 7.65. The number of hydrogen-bond acceptors (Lipinski definition) is 4. The van der Waals surface area contributed by atoms with Crippen LogP contribution in [-0.4, -0.2) is 29.0 Å². The molecule has 5 heteroatoms. The molecule has 22 heavy (non-hydrogen) atoms. The second-order valence-electron chi connectivity index (χ2n) is 5.77. The summed E-state index contributed by atoms with van der Waals surface area (Å²) in [6.45, 7) is 4.52. The summed E-state index contributed by atoms with van der Waals surface area (Å²) in [5, 5.41) is 2.85. The van der Waals surface area contributed by atoms with Crippen molar-refractivity contribution in [3.8, 4) is 0 Å². The number of carbonyl (C=O) groups is 1. The minimum atomic E-state index is -0.220. The van der Waals surface area contributed by atoms with Gasteiger partial charge in [-0.05, 0) is 49.1 Å². The fourth-order valence-corrected chi connectivity index (χ4v) is 2.64. The predicted molar refractivity (Wildman–Crippen MR) is 87.0 cm³/mol. The number of nitrogens with one attached hydrogen (secondary N) is 1. The van der Waals surface area contributed by atoms with E-state index in [0.29, 0.717) is 5.69 Å². The highest BCUT2D eigenvalue weighted by Gasteiger charge is 2.16. The lowest BCUT2D eigenvalue weighted by Gasteiger charge is -2.32. The van der Waals surface area contributed by atoms with E-state index in [1.807, 2.05) is 12.1 Å². The number of benzene rings is 1. The lowest BCUT2D eigenvalue weighted by molar-refractivity contribution is 0.102. The van der Waals surface area contributed by atoms with Gasteiger partial charge in [-0.3, -0.25) is 4.79 Å². The molecule has 0 aliphatic carbocycles. The normalized spacial score (nSPS) is 15.6. The Labute approximate surface area is 130 Å². The van der Waals surface area contributed by atoms with Crippen LogP contribution in [0.25, 0.3) is 0 Å². The minimum Gasteiger partial charge on any atom is -0.372 e. The van der Waals surface area contributed by atoms with E-state index in [1.54, 1.807) is 12.3 Å². The lowest BCUT2D eigenvalue weighted by Crippen LogP contribution is -2.32. The van der Waals surface area contributed by atoms with Crippen LogP contribution in [-0.2, 0) is 0 Å². The van der Waals surface area contributed by atoms with Gasteiger partial charge >= 0.3 is 0 Å². The van der Waals surface area contributed by atoms with Crippen LogP contribution in [0.15, 0.2) is 42.9 Å². The van der Waals surface area contributed by atoms with Gasteiger partial charge in [-0.15, -0.1) is 0 Å². The summed E-state index contributed by atoms with van der Waals surface area (Å²) in [4.78, 5) is 22.2. The Balaban J connectivity index is 1.63. The van der Waals surface area contributed by atoms with Crippen LogP contribution in [0.3, 0.4) is 0 Å². The summed E-state index contributed by atoms with van der Waals surface area (Å²) < 4.78 is 0. The highest BCUT2D eigenvalue weighted by molar-refractivity contribution is 6.02. The average Bonchev–Trinajstić information content (AvgIpc) is 2.57. The molecule has 3 rings (SSSR count). The maximum Gasteiger partial charge on any atom is 0.274 e. The average molecular weight is 296 g/mol. The number of anilines is 2. The number of hydrogen-bond donors (Lipinski definition) is 1. The molecule has 1 aromatic heterocycles. The molecule has 0 unspecified atom stereocenters. The van der Waals surface area contributed by atoms with E-state index in [9.17, 15) is 4.79 Å². The van der Waals surface area contributed by atoms with Crippen LogP contribution in [0, 0.1) is 5.92 Å². The second-order valence-corrected chi connectivity index (χ2v) is 5.77. The standard InChI is InChI=1S/C17H20N4O/c1-13-7-10-21(11-8-13)15-4-2-14(3-5-15)20-17(22)16-6-9-18-12-19-16/h2-6,9,12-13H,7-8,10-11H2,1H3,(H,20,22). The summed E-state index contributed by atoms with van der Waals surface area (Å²) in [7, 11) is 0. The molecule has 114 valence electrons. The molecule has 1 aliphatic heterocycles. The Morgan fingerprint density at radius 3 is 2.55 bits per heavy atom. The van der Waals surface area contributed by atoms with Gasteiger partial charge in [0.2, 0.25) is 0 Å². The van der Waals surface area contributed by atoms with Gasteiger partial charge in [0.05, 0.1) is 0 Å². The zero-order chi connectivity index (χ0) is 15.4. The summed E-state index contributed by atoms with van der Waals surface area (Å²) in [6.07, 6.45) is 5.41. The third kappa shape index (κ3) is 3.42. The van der Waals surface area contributed by atoms with E-state index in [1.165, 1.54) is 24.9 Å². The highest BCUT2D eigenvalue weighted by Crippen LogP contribution is 2.24. The summed E-state index contributed by atoms with van der Waals surface area (Å²) in [6, 6.07) is 9.59. The van der Waals surface area contributed by atoms with E-state index in [4.69, 9.17) is 0 Å². The van der Waals surface area contributed by atoms with Crippen molar-refractivity contribution in [2.45, 2.75) is 19.8 Å². The molecule has 0 spiro atoms. The Kier molecular flexibility index (Phi) is 4.32. The van der Waals surface area contributed by atoms with E-state index < -0.39 is 0 Å². The first-order chi connectivity index (χ1) is 10.7. The Morgan fingerprint density at radius 1 is 1.18 bits per heavy atom. The summed E-state index contributed by atoms with van der Waals surface area (Å²) in [5.41, 5.74) is 2.36. The SMILES string of the molecule is CC1CCN(c2ccc(NC(=O)c3ccncn3)cc2)CC1. The van der Waals surface area contributed by atoms with E-state index >= 15 is 0 Å². The fourth-order valence-electron chi connectivity index (χ4n) is 2.64. The maximum atomic E-state index is 12.0. The molecule has 0 saturated carbocycles. The van der Waals surface area contributed by atoms with Crippen molar-refractivity contribution in [3.05, 3.63) is 48.5 Å².